The van der Waals surface area contributed by atoms with E-state index in [0.29, 0.717) is 5.92 Å². The van der Waals surface area contributed by atoms with Gasteiger partial charge in [0.2, 0.25) is 0 Å². The Morgan fingerprint density at radius 3 is 1.71 bits per heavy atom. The molecule has 2 N–H and O–H groups in total. The summed E-state index contributed by atoms with van der Waals surface area (Å²) in [6, 6.07) is 0. The molecule has 0 saturated heterocycles. The number of hydrogen-bond donors (Lipinski definition) is 1. The molecule has 0 aromatic rings. The quantitative estimate of drug-likeness (QED) is 0.527. The van der Waals surface area contributed by atoms with Gasteiger partial charge in [-0.05, 0) is 12.8 Å². The van der Waals surface area contributed by atoms with Crippen LogP contribution in [0.15, 0.2) is 0 Å². The van der Waals surface area contributed by atoms with Gasteiger partial charge in [0.1, 0.15) is 0 Å². The van der Waals surface area contributed by atoms with Gasteiger partial charge in [-0.1, -0.05) is 13.8 Å². The molecule has 1 atom stereocenters. The molecule has 0 aliphatic heterocycles. The van der Waals surface area contributed by atoms with Gasteiger partial charge in [0, 0.05) is 0 Å². The van der Waals surface area contributed by atoms with E-state index in [0.717, 1.165) is 0 Å². The predicted octanol–water partition coefficient (Wildman–Crippen LogP) is 0.921. The summed E-state index contributed by atoms with van der Waals surface area (Å²) in [7, 11) is 0. The van der Waals surface area contributed by atoms with E-state index in [9.17, 15) is 0 Å². The maximum absolute atomic E-state index is 4.87. The zero-order chi connectivity index (χ0) is 5.86. The highest BCUT2D eigenvalue weighted by atomic mass is 16.6. The molecular weight excluding hydrogens is 90.1 g/mol. The van der Waals surface area contributed by atoms with Crippen molar-refractivity contribution < 1.29 is 4.84 Å². The SMILES string of the molecule is CC(C)C(C)ON. The van der Waals surface area contributed by atoms with Gasteiger partial charge in [-0.15, -0.1) is 0 Å². The van der Waals surface area contributed by atoms with Gasteiger partial charge in [-0.3, -0.25) is 0 Å². The van der Waals surface area contributed by atoms with Crippen molar-refractivity contribution in [1.82, 2.24) is 0 Å². The van der Waals surface area contributed by atoms with Crippen LogP contribution >= 0.6 is 0 Å². The fourth-order valence-corrected chi connectivity index (χ4v) is 0.157. The number of hydrogen-bond acceptors (Lipinski definition) is 2. The second kappa shape index (κ2) is 2.99. The first-order valence-corrected chi connectivity index (χ1v) is 2.54. The summed E-state index contributed by atoms with van der Waals surface area (Å²) in [5, 5.41) is 0. The van der Waals surface area contributed by atoms with Crippen LogP contribution in [0.4, 0.5) is 0 Å². The van der Waals surface area contributed by atoms with Crippen LogP contribution in [0.25, 0.3) is 0 Å². The monoisotopic (exact) mass is 103 g/mol. The van der Waals surface area contributed by atoms with Gasteiger partial charge in [-0.25, -0.2) is 5.90 Å². The van der Waals surface area contributed by atoms with Crippen LogP contribution in [-0.2, 0) is 4.84 Å². The molecule has 0 aliphatic carbocycles. The molecule has 0 amide bonds. The summed E-state index contributed by atoms with van der Waals surface area (Å²) < 4.78 is 0. The molecule has 0 bridgehead atoms. The van der Waals surface area contributed by atoms with E-state index in [2.05, 4.69) is 18.7 Å². The molecule has 2 nitrogen and oxygen atoms in total. The summed E-state index contributed by atoms with van der Waals surface area (Å²) in [6.07, 6.45) is 0.181. The molecule has 0 aliphatic rings. The molecule has 1 unspecified atom stereocenters. The van der Waals surface area contributed by atoms with Gasteiger partial charge in [-0.2, -0.15) is 0 Å². The Labute approximate surface area is 44.6 Å². The van der Waals surface area contributed by atoms with E-state index in [1.54, 1.807) is 0 Å². The first kappa shape index (κ1) is 6.92. The van der Waals surface area contributed by atoms with E-state index in [4.69, 9.17) is 5.90 Å². The minimum atomic E-state index is 0.181. The summed E-state index contributed by atoms with van der Waals surface area (Å²) >= 11 is 0. The molecule has 2 heteroatoms. The highest BCUT2D eigenvalue weighted by Crippen LogP contribution is 2.00. The average molecular weight is 103 g/mol. The maximum atomic E-state index is 4.87. The molecule has 0 radical (unpaired) electrons. The standard InChI is InChI=1S/C5H13NO/c1-4(2)5(3)7-6/h4-5H,6H2,1-3H3. The second-order valence-electron chi connectivity index (χ2n) is 2.09. The van der Waals surface area contributed by atoms with Crippen molar-refractivity contribution >= 4 is 0 Å². The molecule has 0 aromatic carbocycles. The van der Waals surface area contributed by atoms with E-state index < -0.39 is 0 Å². The van der Waals surface area contributed by atoms with Crippen molar-refractivity contribution in [3.63, 3.8) is 0 Å². The normalized spacial score (nSPS) is 15.0. The fraction of sp³-hybridized carbons (Fsp3) is 1.00. The van der Waals surface area contributed by atoms with E-state index in [-0.39, 0.29) is 6.10 Å². The first-order valence-electron chi connectivity index (χ1n) is 2.54. The summed E-state index contributed by atoms with van der Waals surface area (Å²) in [5.74, 6) is 5.39. The van der Waals surface area contributed by atoms with Gasteiger partial charge < -0.3 is 4.84 Å². The molecule has 0 fully saturated rings. The van der Waals surface area contributed by atoms with Crippen molar-refractivity contribution in [2.24, 2.45) is 11.8 Å². The summed E-state index contributed by atoms with van der Waals surface area (Å²) in [6.45, 7) is 6.08. The Kier molecular flexibility index (Phi) is 2.96. The topological polar surface area (TPSA) is 35.2 Å². The van der Waals surface area contributed by atoms with Crippen molar-refractivity contribution in [3.05, 3.63) is 0 Å². The lowest BCUT2D eigenvalue weighted by Crippen LogP contribution is -2.18. The predicted molar refractivity (Wildman–Crippen MR) is 29.6 cm³/mol. The minimum absolute atomic E-state index is 0.181. The lowest BCUT2D eigenvalue weighted by Gasteiger charge is -2.10. The third-order valence-electron chi connectivity index (χ3n) is 1.15. The third-order valence-corrected chi connectivity index (χ3v) is 1.15. The summed E-state index contributed by atoms with van der Waals surface area (Å²) in [5.41, 5.74) is 0. The molecule has 0 saturated carbocycles. The van der Waals surface area contributed by atoms with Crippen LogP contribution in [0.3, 0.4) is 0 Å². The van der Waals surface area contributed by atoms with E-state index >= 15 is 0 Å². The van der Waals surface area contributed by atoms with Crippen molar-refractivity contribution in [3.8, 4) is 0 Å². The van der Waals surface area contributed by atoms with Gasteiger partial charge >= 0.3 is 0 Å². The molecule has 0 spiro atoms. The van der Waals surface area contributed by atoms with Crippen molar-refractivity contribution in [1.29, 1.82) is 0 Å². The highest BCUT2D eigenvalue weighted by molar-refractivity contribution is 4.51. The maximum Gasteiger partial charge on any atom is 0.0782 e. The smallest absolute Gasteiger partial charge is 0.0782 e. The number of rotatable bonds is 2. The van der Waals surface area contributed by atoms with Crippen LogP contribution in [0.2, 0.25) is 0 Å². The molecule has 0 rings (SSSR count). The fourth-order valence-electron chi connectivity index (χ4n) is 0.157. The van der Waals surface area contributed by atoms with E-state index in [1.165, 1.54) is 0 Å². The Hall–Kier alpha value is -0.0800. The molecular formula is C5H13NO. The minimum Gasteiger partial charge on any atom is -0.301 e. The summed E-state index contributed by atoms with van der Waals surface area (Å²) in [4.78, 5) is 4.51. The molecule has 0 aromatic heterocycles. The molecule has 0 heterocycles. The second-order valence-corrected chi connectivity index (χ2v) is 2.09. The molecule has 7 heavy (non-hydrogen) atoms. The Morgan fingerprint density at radius 2 is 1.71 bits per heavy atom. The Bertz CT molecular complexity index is 45.3. The average Bonchev–Trinajstić information content (AvgIpc) is 1.65. The molecule has 44 valence electrons. The lowest BCUT2D eigenvalue weighted by molar-refractivity contribution is 0.0351. The highest BCUT2D eigenvalue weighted by Gasteiger charge is 2.02. The van der Waals surface area contributed by atoms with E-state index in [1.807, 2.05) is 6.92 Å². The van der Waals surface area contributed by atoms with Crippen LogP contribution in [0.5, 0.6) is 0 Å². The van der Waals surface area contributed by atoms with Crippen LogP contribution in [0.1, 0.15) is 20.8 Å². The van der Waals surface area contributed by atoms with Gasteiger partial charge in [0.25, 0.3) is 0 Å². The van der Waals surface area contributed by atoms with Gasteiger partial charge in [0.15, 0.2) is 0 Å². The van der Waals surface area contributed by atoms with Crippen molar-refractivity contribution in [2.75, 3.05) is 0 Å². The third kappa shape index (κ3) is 2.60. The van der Waals surface area contributed by atoms with Crippen molar-refractivity contribution in [2.45, 2.75) is 26.9 Å². The van der Waals surface area contributed by atoms with Gasteiger partial charge in [0.05, 0.1) is 6.10 Å². The van der Waals surface area contributed by atoms with Crippen LogP contribution in [-0.4, -0.2) is 6.10 Å². The zero-order valence-electron chi connectivity index (χ0n) is 5.14. The largest absolute Gasteiger partial charge is 0.301 e. The van der Waals surface area contributed by atoms with Crippen LogP contribution < -0.4 is 5.90 Å². The Morgan fingerprint density at radius 1 is 1.29 bits per heavy atom. The first-order chi connectivity index (χ1) is 3.18. The zero-order valence-corrected chi connectivity index (χ0v) is 5.14. The van der Waals surface area contributed by atoms with Crippen LogP contribution in [0, 0.1) is 5.92 Å². The number of nitrogens with two attached hydrogens (primary N) is 1. The lowest BCUT2D eigenvalue weighted by atomic mass is 10.1. The Balaban J connectivity index is 3.14.